The predicted molar refractivity (Wildman–Crippen MR) is 90.4 cm³/mol. The lowest BCUT2D eigenvalue weighted by Crippen LogP contribution is -2.04. The maximum atomic E-state index is 12.0. The minimum atomic E-state index is -0.881. The molecule has 0 aliphatic heterocycles. The van der Waals surface area contributed by atoms with E-state index in [1.165, 1.54) is 0 Å². The highest BCUT2D eigenvalue weighted by Gasteiger charge is 2.05. The van der Waals surface area contributed by atoms with E-state index in [-0.39, 0.29) is 0 Å². The van der Waals surface area contributed by atoms with E-state index in [1.807, 2.05) is 44.2 Å². The van der Waals surface area contributed by atoms with Crippen molar-refractivity contribution in [2.75, 3.05) is 11.5 Å². The second-order valence-electron chi connectivity index (χ2n) is 4.70. The van der Waals surface area contributed by atoms with Gasteiger partial charge in [0.15, 0.2) is 5.16 Å². The first-order valence-electron chi connectivity index (χ1n) is 6.57. The van der Waals surface area contributed by atoms with Crippen molar-refractivity contribution in [3.8, 4) is 0 Å². The van der Waals surface area contributed by atoms with Crippen molar-refractivity contribution in [3.05, 3.63) is 52.3 Å². The molecule has 1 heterocycles. The van der Waals surface area contributed by atoms with Crippen molar-refractivity contribution in [2.24, 2.45) is 0 Å². The third-order valence-corrected chi connectivity index (χ3v) is 5.42. The fourth-order valence-corrected chi connectivity index (χ4v) is 4.33. The van der Waals surface area contributed by atoms with Crippen LogP contribution in [0.25, 0.3) is 0 Å². The maximum absolute atomic E-state index is 12.0. The fraction of sp³-hybridized carbons (Fsp3) is 0.333. The van der Waals surface area contributed by atoms with E-state index in [2.05, 4.69) is 9.97 Å². The van der Waals surface area contributed by atoms with Crippen LogP contribution in [0.15, 0.2) is 35.5 Å². The molecular weight excluding hydrogens is 324 g/mol. The second kappa shape index (κ2) is 7.92. The third-order valence-electron chi connectivity index (χ3n) is 2.74. The monoisotopic (exact) mass is 340 g/mol. The average Bonchev–Trinajstić information content (AvgIpc) is 2.40. The summed E-state index contributed by atoms with van der Waals surface area (Å²) in [7, 11) is -0.881. The van der Waals surface area contributed by atoms with Gasteiger partial charge in [-0.25, -0.2) is 9.97 Å². The second-order valence-corrected chi connectivity index (χ2v) is 7.77. The Morgan fingerprint density at radius 3 is 2.38 bits per heavy atom. The predicted octanol–water partition coefficient (Wildman–Crippen LogP) is 3.79. The lowest BCUT2D eigenvalue weighted by atomic mass is 10.2. The van der Waals surface area contributed by atoms with Crippen molar-refractivity contribution in [3.63, 3.8) is 0 Å². The number of hydrogen-bond acceptors (Lipinski definition) is 4. The van der Waals surface area contributed by atoms with Gasteiger partial charge in [-0.05, 0) is 37.6 Å². The van der Waals surface area contributed by atoms with E-state index >= 15 is 0 Å². The van der Waals surface area contributed by atoms with Crippen LogP contribution in [-0.2, 0) is 16.6 Å². The number of rotatable bonds is 6. The lowest BCUT2D eigenvalue weighted by Gasteiger charge is -2.04. The van der Waals surface area contributed by atoms with Gasteiger partial charge in [-0.2, -0.15) is 0 Å². The minimum absolute atomic E-state index is 0.561. The van der Waals surface area contributed by atoms with Crippen LogP contribution in [0.1, 0.15) is 17.0 Å². The third kappa shape index (κ3) is 5.77. The van der Waals surface area contributed by atoms with Crippen LogP contribution in [0.5, 0.6) is 0 Å². The molecule has 1 aromatic carbocycles. The molecule has 0 fully saturated rings. The highest BCUT2D eigenvalue weighted by molar-refractivity contribution is 8.00. The van der Waals surface area contributed by atoms with Crippen molar-refractivity contribution in [1.29, 1.82) is 0 Å². The summed E-state index contributed by atoms with van der Waals surface area (Å²) in [4.78, 5) is 8.73. The molecule has 112 valence electrons. The molecule has 1 aromatic heterocycles. The summed E-state index contributed by atoms with van der Waals surface area (Å²) in [6.07, 6.45) is 0. The SMILES string of the molecule is Cc1cc(C)nc(SCC[S@@](=O)Cc2ccc(Cl)cc2)n1. The van der Waals surface area contributed by atoms with Gasteiger partial charge >= 0.3 is 0 Å². The summed E-state index contributed by atoms with van der Waals surface area (Å²) in [6, 6.07) is 9.43. The molecular formula is C15H17ClN2OS2. The van der Waals surface area contributed by atoms with Crippen LogP contribution in [-0.4, -0.2) is 25.7 Å². The zero-order valence-electron chi connectivity index (χ0n) is 12.0. The molecule has 2 aromatic rings. The number of benzene rings is 1. The van der Waals surface area contributed by atoms with Crippen LogP contribution in [0.2, 0.25) is 5.02 Å². The number of halogens is 1. The van der Waals surface area contributed by atoms with E-state index in [0.29, 0.717) is 16.5 Å². The molecule has 0 aliphatic rings. The van der Waals surface area contributed by atoms with Gasteiger partial charge in [0.1, 0.15) is 0 Å². The fourth-order valence-electron chi connectivity index (χ4n) is 1.82. The van der Waals surface area contributed by atoms with Crippen LogP contribution in [0.4, 0.5) is 0 Å². The number of aryl methyl sites for hydroxylation is 2. The first-order valence-corrected chi connectivity index (χ1v) is 9.42. The summed E-state index contributed by atoms with van der Waals surface area (Å²) in [5.41, 5.74) is 2.98. The smallest absolute Gasteiger partial charge is 0.188 e. The number of thioether (sulfide) groups is 1. The molecule has 6 heteroatoms. The standard InChI is InChI=1S/C15H17ClN2OS2/c1-11-9-12(2)18-15(17-11)20-7-8-21(19)10-13-3-5-14(16)6-4-13/h3-6,9H,7-8,10H2,1-2H3/t21-/m1/s1. The van der Waals surface area contributed by atoms with Gasteiger partial charge in [-0.3, -0.25) is 4.21 Å². The summed E-state index contributed by atoms with van der Waals surface area (Å²) in [6.45, 7) is 3.91. The highest BCUT2D eigenvalue weighted by Crippen LogP contribution is 2.15. The van der Waals surface area contributed by atoms with Crippen molar-refractivity contribution < 1.29 is 4.21 Å². The van der Waals surface area contributed by atoms with Gasteiger partial charge in [0.25, 0.3) is 0 Å². The van der Waals surface area contributed by atoms with Crippen LogP contribution >= 0.6 is 23.4 Å². The molecule has 0 aliphatic carbocycles. The zero-order valence-corrected chi connectivity index (χ0v) is 14.4. The van der Waals surface area contributed by atoms with E-state index in [1.54, 1.807) is 11.8 Å². The van der Waals surface area contributed by atoms with Gasteiger partial charge in [-0.15, -0.1) is 0 Å². The molecule has 0 spiro atoms. The molecule has 0 radical (unpaired) electrons. The molecule has 3 nitrogen and oxygen atoms in total. The van der Waals surface area contributed by atoms with E-state index < -0.39 is 10.8 Å². The highest BCUT2D eigenvalue weighted by atomic mass is 35.5. The Hall–Kier alpha value is -0.910. The van der Waals surface area contributed by atoms with Crippen LogP contribution in [0, 0.1) is 13.8 Å². The van der Waals surface area contributed by atoms with Crippen molar-refractivity contribution in [1.82, 2.24) is 9.97 Å². The Bertz CT molecular complexity index is 612. The van der Waals surface area contributed by atoms with E-state index in [0.717, 1.165) is 27.9 Å². The first kappa shape index (κ1) is 16.5. The Morgan fingerprint density at radius 2 is 1.76 bits per heavy atom. The molecule has 1 atom stereocenters. The number of nitrogens with zero attached hydrogens (tertiary/aromatic N) is 2. The molecule has 0 saturated carbocycles. The Balaban J connectivity index is 1.80. The van der Waals surface area contributed by atoms with Gasteiger partial charge < -0.3 is 0 Å². The maximum Gasteiger partial charge on any atom is 0.188 e. The normalized spacial score (nSPS) is 12.3. The Labute approximate surface area is 137 Å². The van der Waals surface area contributed by atoms with Gasteiger partial charge in [0, 0.05) is 44.5 Å². The largest absolute Gasteiger partial charge is 0.259 e. The molecule has 21 heavy (non-hydrogen) atoms. The summed E-state index contributed by atoms with van der Waals surface area (Å²) in [5, 5.41) is 1.46. The van der Waals surface area contributed by atoms with Gasteiger partial charge in [0.05, 0.1) is 0 Å². The Kier molecular flexibility index (Phi) is 6.21. The molecule has 2 rings (SSSR count). The van der Waals surface area contributed by atoms with Crippen LogP contribution in [0.3, 0.4) is 0 Å². The number of aromatic nitrogens is 2. The Morgan fingerprint density at radius 1 is 1.14 bits per heavy atom. The molecule has 0 saturated heterocycles. The topological polar surface area (TPSA) is 42.9 Å². The molecule has 0 amide bonds. The lowest BCUT2D eigenvalue weighted by molar-refractivity contribution is 0.683. The zero-order chi connectivity index (χ0) is 15.2. The van der Waals surface area contributed by atoms with Gasteiger partial charge in [0.2, 0.25) is 0 Å². The van der Waals surface area contributed by atoms with Crippen molar-refractivity contribution >= 4 is 34.2 Å². The molecule has 0 unspecified atom stereocenters. The first-order chi connectivity index (χ1) is 10.0. The van der Waals surface area contributed by atoms with Crippen LogP contribution < -0.4 is 0 Å². The van der Waals surface area contributed by atoms with E-state index in [4.69, 9.17) is 11.6 Å². The minimum Gasteiger partial charge on any atom is -0.259 e. The average molecular weight is 341 g/mol. The summed E-state index contributed by atoms with van der Waals surface area (Å²) < 4.78 is 12.0. The summed E-state index contributed by atoms with van der Waals surface area (Å²) in [5.74, 6) is 1.94. The van der Waals surface area contributed by atoms with Gasteiger partial charge in [-0.1, -0.05) is 35.5 Å². The van der Waals surface area contributed by atoms with E-state index in [9.17, 15) is 4.21 Å². The molecule has 0 bridgehead atoms. The summed E-state index contributed by atoms with van der Waals surface area (Å²) >= 11 is 7.39. The molecule has 0 N–H and O–H groups in total. The quantitative estimate of drug-likeness (QED) is 0.592. The van der Waals surface area contributed by atoms with Crippen molar-refractivity contribution in [2.45, 2.75) is 24.8 Å². The number of hydrogen-bond donors (Lipinski definition) is 0.